The van der Waals surface area contributed by atoms with Crippen molar-refractivity contribution in [3.8, 4) is 0 Å². The molecule has 0 saturated heterocycles. The van der Waals surface area contributed by atoms with Crippen LogP contribution < -0.4 is 5.32 Å². The van der Waals surface area contributed by atoms with Crippen molar-refractivity contribution in [1.29, 1.82) is 0 Å². The number of rotatable bonds is 4. The second kappa shape index (κ2) is 6.99. The molecule has 0 aliphatic carbocycles. The van der Waals surface area contributed by atoms with Crippen LogP contribution in [0.25, 0.3) is 0 Å². The summed E-state index contributed by atoms with van der Waals surface area (Å²) in [6, 6.07) is 15.0. The Kier molecular flexibility index (Phi) is 5.53. The zero-order valence-electron chi connectivity index (χ0n) is 13.0. The third-order valence-electron chi connectivity index (χ3n) is 3.19. The molecule has 0 saturated carbocycles. The van der Waals surface area contributed by atoms with Crippen molar-refractivity contribution in [1.82, 2.24) is 5.32 Å². The predicted octanol–water partition coefficient (Wildman–Crippen LogP) is 5.80. The highest BCUT2D eigenvalue weighted by molar-refractivity contribution is 9.10. The number of hydrogen-bond donors (Lipinski definition) is 1. The van der Waals surface area contributed by atoms with Crippen LogP contribution in [0, 0.1) is 6.92 Å². The first-order chi connectivity index (χ1) is 9.85. The highest BCUT2D eigenvalue weighted by Gasteiger charge is 2.10. The maximum absolute atomic E-state index is 3.60. The van der Waals surface area contributed by atoms with Crippen LogP contribution in [-0.4, -0.2) is 5.54 Å². The lowest BCUT2D eigenvalue weighted by Gasteiger charge is -2.21. The van der Waals surface area contributed by atoms with Crippen molar-refractivity contribution in [2.24, 2.45) is 0 Å². The minimum absolute atomic E-state index is 0.148. The fraction of sp³-hybridized carbons (Fsp3) is 0.333. The Bertz CT molecular complexity index is 617. The van der Waals surface area contributed by atoms with Crippen LogP contribution in [0.3, 0.4) is 0 Å². The van der Waals surface area contributed by atoms with Crippen molar-refractivity contribution >= 4 is 27.7 Å². The molecule has 0 aromatic heterocycles. The van der Waals surface area contributed by atoms with E-state index in [1.54, 1.807) is 11.8 Å². The van der Waals surface area contributed by atoms with Crippen LogP contribution in [-0.2, 0) is 6.54 Å². The van der Waals surface area contributed by atoms with E-state index in [9.17, 15) is 0 Å². The first-order valence-electron chi connectivity index (χ1n) is 7.12. The molecule has 2 aromatic rings. The van der Waals surface area contributed by atoms with Gasteiger partial charge in [-0.25, -0.2) is 0 Å². The summed E-state index contributed by atoms with van der Waals surface area (Å²) in [6.07, 6.45) is 0. The summed E-state index contributed by atoms with van der Waals surface area (Å²) in [4.78, 5) is 2.52. The monoisotopic (exact) mass is 363 g/mol. The normalized spacial score (nSPS) is 11.7. The van der Waals surface area contributed by atoms with Gasteiger partial charge in [-0.1, -0.05) is 30.0 Å². The molecule has 1 nitrogen and oxygen atoms in total. The molecule has 2 aromatic carbocycles. The largest absolute Gasteiger partial charge is 0.308 e. The topological polar surface area (TPSA) is 12.0 Å². The first-order valence-corrected chi connectivity index (χ1v) is 8.73. The summed E-state index contributed by atoms with van der Waals surface area (Å²) < 4.78 is 1.14. The van der Waals surface area contributed by atoms with Gasteiger partial charge in [-0.05, 0) is 79.0 Å². The van der Waals surface area contributed by atoms with Crippen LogP contribution >= 0.6 is 27.7 Å². The van der Waals surface area contributed by atoms with Gasteiger partial charge in [0.15, 0.2) is 0 Å². The van der Waals surface area contributed by atoms with Crippen molar-refractivity contribution < 1.29 is 0 Å². The van der Waals surface area contributed by atoms with E-state index < -0.39 is 0 Å². The molecular formula is C18H22BrNS. The summed E-state index contributed by atoms with van der Waals surface area (Å²) in [5.74, 6) is 0. The van der Waals surface area contributed by atoms with Crippen molar-refractivity contribution in [2.75, 3.05) is 0 Å². The lowest BCUT2D eigenvalue weighted by atomic mass is 10.1. The highest BCUT2D eigenvalue weighted by Crippen LogP contribution is 2.34. The minimum Gasteiger partial charge on any atom is -0.308 e. The summed E-state index contributed by atoms with van der Waals surface area (Å²) in [7, 11) is 0. The zero-order chi connectivity index (χ0) is 15.5. The molecule has 1 N–H and O–H groups in total. The predicted molar refractivity (Wildman–Crippen MR) is 96.0 cm³/mol. The lowest BCUT2D eigenvalue weighted by molar-refractivity contribution is 0.424. The Labute approximate surface area is 140 Å². The van der Waals surface area contributed by atoms with Crippen LogP contribution in [0.5, 0.6) is 0 Å². The molecule has 0 bridgehead atoms. The van der Waals surface area contributed by atoms with Gasteiger partial charge in [-0.3, -0.25) is 0 Å². The van der Waals surface area contributed by atoms with E-state index in [2.05, 4.69) is 85.3 Å². The smallest absolute Gasteiger partial charge is 0.0314 e. The number of nitrogens with one attached hydrogen (secondary N) is 1. The molecule has 0 radical (unpaired) electrons. The number of halogens is 1. The Morgan fingerprint density at radius 1 is 1.10 bits per heavy atom. The lowest BCUT2D eigenvalue weighted by Crippen LogP contribution is -2.35. The molecule has 0 fully saturated rings. The van der Waals surface area contributed by atoms with E-state index >= 15 is 0 Å². The second-order valence-electron chi connectivity index (χ2n) is 6.22. The maximum Gasteiger partial charge on any atom is 0.0314 e. The van der Waals surface area contributed by atoms with E-state index in [0.717, 1.165) is 11.0 Å². The third kappa shape index (κ3) is 5.17. The third-order valence-corrected chi connectivity index (χ3v) is 5.21. The molecule has 0 atom stereocenters. The van der Waals surface area contributed by atoms with Gasteiger partial charge in [0.25, 0.3) is 0 Å². The van der Waals surface area contributed by atoms with Gasteiger partial charge in [-0.2, -0.15) is 0 Å². The fourth-order valence-corrected chi connectivity index (χ4v) is 3.41. The highest BCUT2D eigenvalue weighted by atomic mass is 79.9. The van der Waals surface area contributed by atoms with Gasteiger partial charge in [0.1, 0.15) is 0 Å². The molecule has 2 rings (SSSR count). The zero-order valence-corrected chi connectivity index (χ0v) is 15.4. The van der Waals surface area contributed by atoms with Gasteiger partial charge in [0.05, 0.1) is 0 Å². The SMILES string of the molecule is Cc1cc(Sc2ccccc2Br)ccc1CNC(C)(C)C. The molecular weight excluding hydrogens is 342 g/mol. The summed E-state index contributed by atoms with van der Waals surface area (Å²) in [5, 5.41) is 3.54. The van der Waals surface area contributed by atoms with E-state index in [-0.39, 0.29) is 5.54 Å². The quantitative estimate of drug-likeness (QED) is 0.736. The van der Waals surface area contributed by atoms with Gasteiger partial charge in [-0.15, -0.1) is 0 Å². The summed E-state index contributed by atoms with van der Waals surface area (Å²) >= 11 is 5.40. The van der Waals surface area contributed by atoms with Crippen molar-refractivity contribution in [2.45, 2.75) is 49.6 Å². The molecule has 0 unspecified atom stereocenters. The van der Waals surface area contributed by atoms with E-state index in [4.69, 9.17) is 0 Å². The Morgan fingerprint density at radius 2 is 1.81 bits per heavy atom. The standard InChI is InChI=1S/C18H22BrNS/c1-13-11-15(21-17-8-6-5-7-16(17)19)10-9-14(13)12-20-18(2,3)4/h5-11,20H,12H2,1-4H3. The van der Waals surface area contributed by atoms with Gasteiger partial charge in [0.2, 0.25) is 0 Å². The van der Waals surface area contributed by atoms with Gasteiger partial charge >= 0.3 is 0 Å². The Morgan fingerprint density at radius 3 is 2.43 bits per heavy atom. The maximum atomic E-state index is 3.60. The van der Waals surface area contributed by atoms with Crippen molar-refractivity contribution in [3.05, 3.63) is 58.1 Å². The Balaban J connectivity index is 2.10. The summed E-state index contributed by atoms with van der Waals surface area (Å²) in [5.41, 5.74) is 2.85. The molecule has 0 heterocycles. The average Bonchev–Trinajstić information content (AvgIpc) is 2.39. The van der Waals surface area contributed by atoms with Crippen LogP contribution in [0.1, 0.15) is 31.9 Å². The molecule has 0 spiro atoms. The second-order valence-corrected chi connectivity index (χ2v) is 8.19. The average molecular weight is 364 g/mol. The van der Waals surface area contributed by atoms with E-state index in [1.807, 2.05) is 6.07 Å². The van der Waals surface area contributed by atoms with Gasteiger partial charge < -0.3 is 5.32 Å². The van der Waals surface area contributed by atoms with Crippen LogP contribution in [0.15, 0.2) is 56.7 Å². The van der Waals surface area contributed by atoms with Crippen LogP contribution in [0.2, 0.25) is 0 Å². The molecule has 112 valence electrons. The van der Waals surface area contributed by atoms with Gasteiger partial charge in [0, 0.05) is 26.3 Å². The molecule has 0 amide bonds. The van der Waals surface area contributed by atoms with E-state index in [0.29, 0.717) is 0 Å². The number of aryl methyl sites for hydroxylation is 1. The number of hydrogen-bond acceptors (Lipinski definition) is 2. The fourth-order valence-electron chi connectivity index (χ4n) is 1.95. The molecule has 3 heteroatoms. The van der Waals surface area contributed by atoms with Crippen molar-refractivity contribution in [3.63, 3.8) is 0 Å². The molecule has 0 aliphatic rings. The molecule has 21 heavy (non-hydrogen) atoms. The minimum atomic E-state index is 0.148. The van der Waals surface area contributed by atoms with E-state index in [1.165, 1.54) is 20.9 Å². The Hall–Kier alpha value is -0.770. The number of benzene rings is 2. The molecule has 0 aliphatic heterocycles. The van der Waals surface area contributed by atoms with Crippen LogP contribution in [0.4, 0.5) is 0 Å². The first kappa shape index (κ1) is 16.6. The summed E-state index contributed by atoms with van der Waals surface area (Å²) in [6.45, 7) is 9.68.